The van der Waals surface area contributed by atoms with Gasteiger partial charge in [0.1, 0.15) is 0 Å². The molecule has 0 aliphatic carbocycles. The minimum Gasteiger partial charge on any atom is -0.322 e. The van der Waals surface area contributed by atoms with E-state index in [1.54, 1.807) is 6.20 Å². The molecular formula is C17H14N2O. The number of nitrogens with one attached hydrogen (secondary N) is 1. The SMILES string of the molecule is Cc1cccc(NC(=O)c2cnc3ccccc3c2)c1. The monoisotopic (exact) mass is 262 g/mol. The second-order valence-electron chi connectivity index (χ2n) is 4.74. The first-order valence-electron chi connectivity index (χ1n) is 6.45. The fourth-order valence-electron chi connectivity index (χ4n) is 2.12. The number of hydrogen-bond donors (Lipinski definition) is 1. The second kappa shape index (κ2) is 5.13. The molecule has 0 aliphatic rings. The fraction of sp³-hybridized carbons (Fsp3) is 0.0588. The number of aromatic nitrogens is 1. The summed E-state index contributed by atoms with van der Waals surface area (Å²) in [4.78, 5) is 16.5. The molecule has 3 heteroatoms. The lowest BCUT2D eigenvalue weighted by atomic mass is 10.1. The van der Waals surface area contributed by atoms with Crippen molar-refractivity contribution in [2.24, 2.45) is 0 Å². The Labute approximate surface area is 117 Å². The minimum atomic E-state index is -0.145. The summed E-state index contributed by atoms with van der Waals surface area (Å²) >= 11 is 0. The highest BCUT2D eigenvalue weighted by Crippen LogP contribution is 2.15. The Hall–Kier alpha value is -2.68. The molecule has 0 spiro atoms. The number of pyridine rings is 1. The summed E-state index contributed by atoms with van der Waals surface area (Å²) in [6, 6.07) is 17.3. The summed E-state index contributed by atoms with van der Waals surface area (Å²) in [6.45, 7) is 1.99. The highest BCUT2D eigenvalue weighted by Gasteiger charge is 2.07. The largest absolute Gasteiger partial charge is 0.322 e. The number of anilines is 1. The van der Waals surface area contributed by atoms with Crippen LogP contribution in [0.1, 0.15) is 15.9 Å². The van der Waals surface area contributed by atoms with Gasteiger partial charge in [0, 0.05) is 17.3 Å². The zero-order valence-electron chi connectivity index (χ0n) is 11.1. The normalized spacial score (nSPS) is 10.4. The van der Waals surface area contributed by atoms with Crippen molar-refractivity contribution >= 4 is 22.5 Å². The van der Waals surface area contributed by atoms with E-state index in [0.717, 1.165) is 22.2 Å². The number of carbonyl (C=O) groups excluding carboxylic acids is 1. The molecule has 0 unspecified atom stereocenters. The van der Waals surface area contributed by atoms with Gasteiger partial charge >= 0.3 is 0 Å². The number of rotatable bonds is 2. The van der Waals surface area contributed by atoms with Crippen LogP contribution in [0.3, 0.4) is 0 Å². The van der Waals surface area contributed by atoms with Crippen molar-refractivity contribution in [1.82, 2.24) is 4.98 Å². The van der Waals surface area contributed by atoms with Gasteiger partial charge in [-0.25, -0.2) is 0 Å². The van der Waals surface area contributed by atoms with Gasteiger partial charge in [-0.15, -0.1) is 0 Å². The van der Waals surface area contributed by atoms with Crippen molar-refractivity contribution in [2.45, 2.75) is 6.92 Å². The van der Waals surface area contributed by atoms with Crippen LogP contribution in [0.2, 0.25) is 0 Å². The van der Waals surface area contributed by atoms with Gasteiger partial charge in [-0.1, -0.05) is 30.3 Å². The van der Waals surface area contributed by atoms with Gasteiger partial charge in [-0.2, -0.15) is 0 Å². The topological polar surface area (TPSA) is 42.0 Å². The molecule has 0 bridgehead atoms. The third-order valence-electron chi connectivity index (χ3n) is 3.13. The Bertz CT molecular complexity index is 781. The number of para-hydroxylation sites is 1. The number of aryl methyl sites for hydroxylation is 1. The number of benzene rings is 2. The van der Waals surface area contributed by atoms with E-state index >= 15 is 0 Å². The van der Waals surface area contributed by atoms with Crippen molar-refractivity contribution in [1.29, 1.82) is 0 Å². The summed E-state index contributed by atoms with van der Waals surface area (Å²) < 4.78 is 0. The van der Waals surface area contributed by atoms with Crippen molar-refractivity contribution in [3.05, 3.63) is 71.9 Å². The lowest BCUT2D eigenvalue weighted by molar-refractivity contribution is 0.102. The molecule has 1 amide bonds. The van der Waals surface area contributed by atoms with E-state index < -0.39 is 0 Å². The summed E-state index contributed by atoms with van der Waals surface area (Å²) in [5, 5.41) is 3.85. The fourth-order valence-corrected chi connectivity index (χ4v) is 2.12. The van der Waals surface area contributed by atoms with Crippen LogP contribution in [0.25, 0.3) is 10.9 Å². The highest BCUT2D eigenvalue weighted by molar-refractivity contribution is 6.05. The summed E-state index contributed by atoms with van der Waals surface area (Å²) in [5.41, 5.74) is 3.35. The first kappa shape index (κ1) is 12.4. The van der Waals surface area contributed by atoms with Crippen molar-refractivity contribution in [3.63, 3.8) is 0 Å². The van der Waals surface area contributed by atoms with E-state index in [2.05, 4.69) is 10.3 Å². The van der Waals surface area contributed by atoms with Crippen LogP contribution in [0.4, 0.5) is 5.69 Å². The molecule has 2 aromatic carbocycles. The molecule has 1 heterocycles. The molecule has 0 radical (unpaired) electrons. The van der Waals surface area contributed by atoms with Gasteiger partial charge in [0.15, 0.2) is 0 Å². The Kier molecular flexibility index (Phi) is 3.17. The maximum absolute atomic E-state index is 12.2. The first-order valence-corrected chi connectivity index (χ1v) is 6.45. The van der Waals surface area contributed by atoms with Crippen molar-refractivity contribution < 1.29 is 4.79 Å². The van der Waals surface area contributed by atoms with Crippen LogP contribution in [0.5, 0.6) is 0 Å². The van der Waals surface area contributed by atoms with Gasteiger partial charge < -0.3 is 5.32 Å². The molecule has 3 nitrogen and oxygen atoms in total. The highest BCUT2D eigenvalue weighted by atomic mass is 16.1. The van der Waals surface area contributed by atoms with E-state index in [0.29, 0.717) is 5.56 Å². The van der Waals surface area contributed by atoms with Crippen LogP contribution in [-0.4, -0.2) is 10.9 Å². The minimum absolute atomic E-state index is 0.145. The molecule has 3 rings (SSSR count). The number of hydrogen-bond acceptors (Lipinski definition) is 2. The molecule has 0 atom stereocenters. The molecule has 0 aliphatic heterocycles. The Morgan fingerprint density at radius 3 is 2.75 bits per heavy atom. The molecule has 20 heavy (non-hydrogen) atoms. The third-order valence-corrected chi connectivity index (χ3v) is 3.13. The molecular weight excluding hydrogens is 248 g/mol. The molecule has 0 fully saturated rings. The third kappa shape index (κ3) is 2.52. The number of fused-ring (bicyclic) bond motifs is 1. The Morgan fingerprint density at radius 2 is 1.90 bits per heavy atom. The summed E-state index contributed by atoms with van der Waals surface area (Å²) in [6.07, 6.45) is 1.60. The zero-order chi connectivity index (χ0) is 13.9. The Morgan fingerprint density at radius 1 is 1.05 bits per heavy atom. The average Bonchev–Trinajstić information content (AvgIpc) is 2.47. The van der Waals surface area contributed by atoms with E-state index in [4.69, 9.17) is 0 Å². The smallest absolute Gasteiger partial charge is 0.257 e. The van der Waals surface area contributed by atoms with Crippen molar-refractivity contribution in [2.75, 3.05) is 5.32 Å². The van der Waals surface area contributed by atoms with E-state index in [-0.39, 0.29) is 5.91 Å². The van der Waals surface area contributed by atoms with Crippen LogP contribution >= 0.6 is 0 Å². The van der Waals surface area contributed by atoms with E-state index in [1.165, 1.54) is 0 Å². The van der Waals surface area contributed by atoms with E-state index in [9.17, 15) is 4.79 Å². The second-order valence-corrected chi connectivity index (χ2v) is 4.74. The molecule has 0 saturated heterocycles. The zero-order valence-corrected chi connectivity index (χ0v) is 11.1. The van der Waals surface area contributed by atoms with Crippen LogP contribution in [0.15, 0.2) is 60.8 Å². The van der Waals surface area contributed by atoms with Crippen molar-refractivity contribution in [3.8, 4) is 0 Å². The van der Waals surface area contributed by atoms with Gasteiger partial charge in [0.25, 0.3) is 5.91 Å². The summed E-state index contributed by atoms with van der Waals surface area (Å²) in [7, 11) is 0. The Balaban J connectivity index is 1.88. The molecule has 98 valence electrons. The average molecular weight is 262 g/mol. The van der Waals surface area contributed by atoms with Gasteiger partial charge in [0.2, 0.25) is 0 Å². The van der Waals surface area contributed by atoms with Gasteiger partial charge in [-0.05, 0) is 36.8 Å². The maximum atomic E-state index is 12.2. The van der Waals surface area contributed by atoms with Gasteiger partial charge in [-0.3, -0.25) is 9.78 Å². The molecule has 0 saturated carbocycles. The quantitative estimate of drug-likeness (QED) is 0.763. The van der Waals surface area contributed by atoms with Gasteiger partial charge in [0.05, 0.1) is 11.1 Å². The van der Waals surface area contributed by atoms with Crippen LogP contribution < -0.4 is 5.32 Å². The van der Waals surface area contributed by atoms with Crippen LogP contribution in [0, 0.1) is 6.92 Å². The number of nitrogens with zero attached hydrogens (tertiary/aromatic N) is 1. The maximum Gasteiger partial charge on any atom is 0.257 e. The number of carbonyl (C=O) groups is 1. The summed E-state index contributed by atoms with van der Waals surface area (Å²) in [5.74, 6) is -0.145. The first-order chi connectivity index (χ1) is 9.72. The lowest BCUT2D eigenvalue weighted by Gasteiger charge is -2.06. The predicted octanol–water partition coefficient (Wildman–Crippen LogP) is 3.80. The van der Waals surface area contributed by atoms with E-state index in [1.807, 2.05) is 61.5 Å². The predicted molar refractivity (Wildman–Crippen MR) is 80.9 cm³/mol. The molecule has 1 N–H and O–H groups in total. The van der Waals surface area contributed by atoms with Crippen LogP contribution in [-0.2, 0) is 0 Å². The standard InChI is InChI=1S/C17H14N2O/c1-12-5-4-7-15(9-12)19-17(20)14-10-13-6-2-3-8-16(13)18-11-14/h2-11H,1H3,(H,19,20). The molecule has 3 aromatic rings. The number of amides is 1. The lowest BCUT2D eigenvalue weighted by Crippen LogP contribution is -2.12. The molecule has 1 aromatic heterocycles.